The third kappa shape index (κ3) is 3.18. The summed E-state index contributed by atoms with van der Waals surface area (Å²) in [6.45, 7) is 2.91. The van der Waals surface area contributed by atoms with Gasteiger partial charge in [0.05, 0.1) is 4.90 Å². The van der Waals surface area contributed by atoms with Crippen LogP contribution in [0, 0.1) is 0 Å². The zero-order chi connectivity index (χ0) is 18.2. The van der Waals surface area contributed by atoms with E-state index in [-0.39, 0.29) is 5.54 Å². The molecule has 1 unspecified atom stereocenters. The van der Waals surface area contributed by atoms with Crippen LogP contribution in [0.2, 0.25) is 5.02 Å². The van der Waals surface area contributed by atoms with Crippen molar-refractivity contribution >= 4 is 21.6 Å². The molecule has 2 heterocycles. The minimum absolute atomic E-state index is 0.0684. The highest BCUT2D eigenvalue weighted by atomic mass is 35.5. The first-order valence-corrected chi connectivity index (χ1v) is 10.9. The molecule has 0 aromatic heterocycles. The van der Waals surface area contributed by atoms with Gasteiger partial charge in [-0.2, -0.15) is 4.31 Å². The number of halogens is 1. The lowest BCUT2D eigenvalue weighted by molar-refractivity contribution is 0.142. The molecule has 138 valence electrons. The van der Waals surface area contributed by atoms with Crippen LogP contribution < -0.4 is 0 Å². The van der Waals surface area contributed by atoms with Gasteiger partial charge in [0, 0.05) is 30.2 Å². The molecule has 1 spiro atoms. The topological polar surface area (TPSA) is 40.6 Å². The maximum Gasteiger partial charge on any atom is 0.243 e. The van der Waals surface area contributed by atoms with Crippen LogP contribution >= 0.6 is 11.6 Å². The number of benzene rings is 2. The lowest BCUT2D eigenvalue weighted by atomic mass is 9.95. The molecule has 0 bridgehead atoms. The third-order valence-corrected chi connectivity index (χ3v) is 7.97. The highest BCUT2D eigenvalue weighted by Gasteiger charge is 2.48. The molecule has 26 heavy (non-hydrogen) atoms. The quantitative estimate of drug-likeness (QED) is 0.797. The van der Waals surface area contributed by atoms with Crippen LogP contribution in [-0.2, 0) is 16.6 Å². The second-order valence-corrected chi connectivity index (χ2v) is 9.59. The Morgan fingerprint density at radius 3 is 2.46 bits per heavy atom. The van der Waals surface area contributed by atoms with E-state index in [0.717, 1.165) is 42.9 Å². The first-order chi connectivity index (χ1) is 12.5. The number of hydrogen-bond donors (Lipinski definition) is 0. The van der Waals surface area contributed by atoms with Crippen molar-refractivity contribution in [2.45, 2.75) is 36.2 Å². The van der Waals surface area contributed by atoms with Crippen molar-refractivity contribution in [2.75, 3.05) is 19.6 Å². The van der Waals surface area contributed by atoms with Gasteiger partial charge in [0.15, 0.2) is 0 Å². The second kappa shape index (κ2) is 6.97. The molecule has 2 aromatic carbocycles. The van der Waals surface area contributed by atoms with Gasteiger partial charge >= 0.3 is 0 Å². The smallest absolute Gasteiger partial charge is 0.243 e. The first-order valence-electron chi connectivity index (χ1n) is 9.05. The Balaban J connectivity index is 1.55. The van der Waals surface area contributed by atoms with Gasteiger partial charge in [0.25, 0.3) is 0 Å². The largest absolute Gasteiger partial charge is 0.292 e. The molecule has 2 aliphatic rings. The van der Waals surface area contributed by atoms with E-state index in [1.54, 1.807) is 28.6 Å². The average molecular weight is 391 g/mol. The molecule has 4 nitrogen and oxygen atoms in total. The minimum Gasteiger partial charge on any atom is -0.292 e. The fraction of sp³-hybridized carbons (Fsp3) is 0.400. The minimum atomic E-state index is -3.43. The standard InChI is InChI=1S/C20H23ClN2O2S/c21-19-10-5-4-7-17(19)15-22-13-6-11-20(22)12-14-23(16-20)26(24,25)18-8-2-1-3-9-18/h1-5,7-10H,6,11-16H2. The zero-order valence-electron chi connectivity index (χ0n) is 14.6. The SMILES string of the molecule is O=S(=O)(c1ccccc1)N1CCC2(CCCN2Cc2ccccc2Cl)C1. The number of rotatable bonds is 4. The third-order valence-electron chi connectivity index (χ3n) is 5.74. The molecule has 2 aliphatic heterocycles. The molecule has 0 amide bonds. The predicted octanol–water partition coefficient (Wildman–Crippen LogP) is 3.77. The van der Waals surface area contributed by atoms with E-state index in [1.807, 2.05) is 24.3 Å². The van der Waals surface area contributed by atoms with Crippen LogP contribution in [0.3, 0.4) is 0 Å². The highest BCUT2D eigenvalue weighted by Crippen LogP contribution is 2.40. The lowest BCUT2D eigenvalue weighted by Gasteiger charge is -2.35. The van der Waals surface area contributed by atoms with E-state index in [1.165, 1.54) is 0 Å². The van der Waals surface area contributed by atoms with E-state index < -0.39 is 10.0 Å². The van der Waals surface area contributed by atoms with E-state index >= 15 is 0 Å². The fourth-order valence-corrected chi connectivity index (χ4v) is 6.04. The van der Waals surface area contributed by atoms with Gasteiger partial charge < -0.3 is 0 Å². The average Bonchev–Trinajstić information content (AvgIpc) is 3.26. The van der Waals surface area contributed by atoms with E-state index in [4.69, 9.17) is 11.6 Å². The normalized spacial score (nSPS) is 24.5. The Bertz CT molecular complexity index is 888. The Labute approximate surface area is 160 Å². The summed E-state index contributed by atoms with van der Waals surface area (Å²) in [5.74, 6) is 0. The molecule has 0 radical (unpaired) electrons. The maximum atomic E-state index is 13.0. The Hall–Kier alpha value is -1.40. The summed E-state index contributed by atoms with van der Waals surface area (Å²) in [7, 11) is -3.43. The van der Waals surface area contributed by atoms with Gasteiger partial charge in [0.1, 0.15) is 0 Å². The molecule has 0 saturated carbocycles. The van der Waals surface area contributed by atoms with Crippen molar-refractivity contribution < 1.29 is 8.42 Å². The summed E-state index contributed by atoms with van der Waals surface area (Å²) in [4.78, 5) is 2.82. The maximum absolute atomic E-state index is 13.0. The fourth-order valence-electron chi connectivity index (χ4n) is 4.30. The van der Waals surface area contributed by atoms with Crippen LogP contribution in [0.25, 0.3) is 0 Å². The second-order valence-electron chi connectivity index (χ2n) is 7.24. The lowest BCUT2D eigenvalue weighted by Crippen LogP contribution is -2.46. The molecule has 0 N–H and O–H groups in total. The summed E-state index contributed by atoms with van der Waals surface area (Å²) in [5.41, 5.74) is 1.04. The van der Waals surface area contributed by atoms with E-state index in [0.29, 0.717) is 18.0 Å². The summed E-state index contributed by atoms with van der Waals surface area (Å²) in [5, 5.41) is 0.779. The van der Waals surface area contributed by atoms with Crippen molar-refractivity contribution in [1.82, 2.24) is 9.21 Å². The van der Waals surface area contributed by atoms with Crippen molar-refractivity contribution in [3.8, 4) is 0 Å². The molecule has 6 heteroatoms. The molecule has 2 aromatic rings. The molecule has 2 fully saturated rings. The van der Waals surface area contributed by atoms with Crippen molar-refractivity contribution in [3.05, 3.63) is 65.2 Å². The summed E-state index contributed by atoms with van der Waals surface area (Å²) in [6, 6.07) is 16.7. The first kappa shape index (κ1) is 18.0. The van der Waals surface area contributed by atoms with Gasteiger partial charge in [-0.25, -0.2) is 8.42 Å². The number of hydrogen-bond acceptors (Lipinski definition) is 3. The van der Waals surface area contributed by atoms with Crippen LogP contribution in [0.15, 0.2) is 59.5 Å². The Morgan fingerprint density at radius 2 is 1.69 bits per heavy atom. The number of sulfonamides is 1. The molecular weight excluding hydrogens is 368 g/mol. The van der Waals surface area contributed by atoms with Gasteiger partial charge in [-0.3, -0.25) is 4.90 Å². The van der Waals surface area contributed by atoms with Crippen LogP contribution in [0.4, 0.5) is 0 Å². The monoisotopic (exact) mass is 390 g/mol. The molecule has 2 saturated heterocycles. The Morgan fingerprint density at radius 1 is 0.962 bits per heavy atom. The van der Waals surface area contributed by atoms with Gasteiger partial charge in [0.2, 0.25) is 10.0 Å². The van der Waals surface area contributed by atoms with Crippen LogP contribution in [0.5, 0.6) is 0 Å². The molecule has 1 atom stereocenters. The highest BCUT2D eigenvalue weighted by molar-refractivity contribution is 7.89. The predicted molar refractivity (Wildman–Crippen MR) is 104 cm³/mol. The van der Waals surface area contributed by atoms with E-state index in [9.17, 15) is 8.42 Å². The van der Waals surface area contributed by atoms with Gasteiger partial charge in [-0.1, -0.05) is 48.0 Å². The molecular formula is C20H23ClN2O2S. The summed E-state index contributed by atoms with van der Waals surface area (Å²) < 4.78 is 27.6. The number of likely N-dealkylation sites (tertiary alicyclic amines) is 1. The summed E-state index contributed by atoms with van der Waals surface area (Å²) in [6.07, 6.45) is 3.02. The number of nitrogens with zero attached hydrogens (tertiary/aromatic N) is 2. The Kier molecular flexibility index (Phi) is 4.82. The van der Waals surface area contributed by atoms with Crippen molar-refractivity contribution in [1.29, 1.82) is 0 Å². The molecule has 0 aliphatic carbocycles. The van der Waals surface area contributed by atoms with Gasteiger partial charge in [-0.05, 0) is 49.6 Å². The van der Waals surface area contributed by atoms with Crippen LogP contribution in [-0.4, -0.2) is 42.8 Å². The zero-order valence-corrected chi connectivity index (χ0v) is 16.2. The van der Waals surface area contributed by atoms with Gasteiger partial charge in [-0.15, -0.1) is 0 Å². The van der Waals surface area contributed by atoms with Crippen LogP contribution in [0.1, 0.15) is 24.8 Å². The van der Waals surface area contributed by atoms with E-state index in [2.05, 4.69) is 11.0 Å². The summed E-state index contributed by atoms with van der Waals surface area (Å²) >= 11 is 6.35. The molecule has 4 rings (SSSR count). The van der Waals surface area contributed by atoms with Crippen molar-refractivity contribution in [2.24, 2.45) is 0 Å². The van der Waals surface area contributed by atoms with Crippen molar-refractivity contribution in [3.63, 3.8) is 0 Å².